The zero-order valence-corrected chi connectivity index (χ0v) is 19.2. The van der Waals surface area contributed by atoms with E-state index in [1.54, 1.807) is 25.1 Å². The average Bonchev–Trinajstić information content (AvgIpc) is 2.75. The van der Waals surface area contributed by atoms with Crippen LogP contribution in [0.5, 0.6) is 0 Å². The Hall–Kier alpha value is -3.07. The second-order valence-corrected chi connectivity index (χ2v) is 9.58. The predicted octanol–water partition coefficient (Wildman–Crippen LogP) is 3.58. The molecule has 8 nitrogen and oxygen atoms in total. The quantitative estimate of drug-likeness (QED) is 0.607. The summed E-state index contributed by atoms with van der Waals surface area (Å²) in [5, 5.41) is 9.40. The number of hydrogen-bond donors (Lipinski definition) is 2. The molecule has 1 aliphatic rings. The number of rotatable bonds is 7. The van der Waals surface area contributed by atoms with E-state index in [2.05, 4.69) is 4.72 Å². The second kappa shape index (κ2) is 9.60. The van der Waals surface area contributed by atoms with Crippen LogP contribution in [0, 0.1) is 19.8 Å². The Morgan fingerprint density at radius 2 is 1.78 bits per heavy atom. The normalized spacial score (nSPS) is 14.8. The molecule has 0 aromatic heterocycles. The van der Waals surface area contributed by atoms with E-state index >= 15 is 0 Å². The number of carbonyl (C=O) groups is 2. The van der Waals surface area contributed by atoms with Gasteiger partial charge in [0.05, 0.1) is 34.4 Å². The van der Waals surface area contributed by atoms with Gasteiger partial charge in [0.2, 0.25) is 0 Å². The van der Waals surface area contributed by atoms with Crippen molar-refractivity contribution in [3.8, 4) is 0 Å². The number of anilines is 2. The summed E-state index contributed by atoms with van der Waals surface area (Å²) in [7, 11) is -3.93. The molecule has 0 aliphatic carbocycles. The number of esters is 1. The van der Waals surface area contributed by atoms with Crippen LogP contribution in [0.25, 0.3) is 0 Å². The fourth-order valence-corrected chi connectivity index (χ4v) is 4.88. The molecule has 2 N–H and O–H groups in total. The van der Waals surface area contributed by atoms with Crippen molar-refractivity contribution in [2.24, 2.45) is 5.92 Å². The number of aromatic carboxylic acids is 1. The minimum Gasteiger partial charge on any atom is -0.478 e. The maximum Gasteiger partial charge on any atom is 0.335 e. The van der Waals surface area contributed by atoms with Gasteiger partial charge in [-0.05, 0) is 75.1 Å². The van der Waals surface area contributed by atoms with Gasteiger partial charge in [-0.3, -0.25) is 9.52 Å². The van der Waals surface area contributed by atoms with Crippen molar-refractivity contribution in [2.45, 2.75) is 38.5 Å². The topological polar surface area (TPSA) is 113 Å². The summed E-state index contributed by atoms with van der Waals surface area (Å²) in [6, 6.07) is 9.22. The molecule has 0 saturated carbocycles. The van der Waals surface area contributed by atoms with Crippen LogP contribution in [0.15, 0.2) is 41.3 Å². The van der Waals surface area contributed by atoms with Gasteiger partial charge in [-0.25, -0.2) is 13.2 Å². The molecule has 2 aromatic rings. The van der Waals surface area contributed by atoms with Gasteiger partial charge in [-0.1, -0.05) is 6.07 Å². The molecule has 1 fully saturated rings. The average molecular weight is 461 g/mol. The van der Waals surface area contributed by atoms with E-state index in [1.807, 2.05) is 18.7 Å². The lowest BCUT2D eigenvalue weighted by atomic mass is 9.96. The monoisotopic (exact) mass is 460 g/mol. The fourth-order valence-electron chi connectivity index (χ4n) is 3.73. The van der Waals surface area contributed by atoms with Crippen LogP contribution < -0.4 is 9.62 Å². The maximum atomic E-state index is 13.1. The van der Waals surface area contributed by atoms with Gasteiger partial charge in [0.15, 0.2) is 0 Å². The predicted molar refractivity (Wildman–Crippen MR) is 122 cm³/mol. The van der Waals surface area contributed by atoms with Gasteiger partial charge in [0.1, 0.15) is 0 Å². The summed E-state index contributed by atoms with van der Waals surface area (Å²) < 4.78 is 33.8. The minimum absolute atomic E-state index is 0.0204. The van der Waals surface area contributed by atoms with Crippen LogP contribution in [0.1, 0.15) is 41.3 Å². The van der Waals surface area contributed by atoms with Crippen molar-refractivity contribution in [1.29, 1.82) is 0 Å². The second-order valence-electron chi connectivity index (χ2n) is 7.90. The lowest BCUT2D eigenvalue weighted by molar-refractivity contribution is -0.148. The van der Waals surface area contributed by atoms with Crippen LogP contribution in [0.4, 0.5) is 11.4 Å². The van der Waals surface area contributed by atoms with Crippen molar-refractivity contribution in [1.82, 2.24) is 0 Å². The molecule has 1 heterocycles. The molecular weight excluding hydrogens is 432 g/mol. The van der Waals surface area contributed by atoms with E-state index in [1.165, 1.54) is 18.2 Å². The van der Waals surface area contributed by atoms with E-state index in [4.69, 9.17) is 4.74 Å². The van der Waals surface area contributed by atoms with Crippen molar-refractivity contribution >= 4 is 33.3 Å². The standard InChI is InChI=1S/C23H28N2O6S/c1-4-31-23(28)17-9-11-25(12-10-17)21-8-6-18(22(26)27)14-20(21)24-32(29,30)19-7-5-15(2)16(3)13-19/h5-8,13-14,17,24H,4,9-12H2,1-3H3,(H,26,27). The Balaban J connectivity index is 1.90. The molecule has 0 atom stereocenters. The van der Waals surface area contributed by atoms with Gasteiger partial charge < -0.3 is 14.7 Å². The van der Waals surface area contributed by atoms with Crippen LogP contribution in [0.3, 0.4) is 0 Å². The number of sulfonamides is 1. The Kier molecular flexibility index (Phi) is 7.08. The summed E-state index contributed by atoms with van der Waals surface area (Å²) in [6.45, 7) is 6.87. The lowest BCUT2D eigenvalue weighted by Crippen LogP contribution is -2.37. The maximum absolute atomic E-state index is 13.1. The molecule has 0 radical (unpaired) electrons. The molecule has 0 amide bonds. The molecule has 2 aromatic carbocycles. The number of hydrogen-bond acceptors (Lipinski definition) is 6. The number of nitrogens with one attached hydrogen (secondary N) is 1. The minimum atomic E-state index is -3.93. The number of piperidine rings is 1. The third kappa shape index (κ3) is 5.21. The van der Waals surface area contributed by atoms with Gasteiger partial charge in [0.25, 0.3) is 10.0 Å². The van der Waals surface area contributed by atoms with Crippen molar-refractivity contribution in [2.75, 3.05) is 29.3 Å². The zero-order valence-electron chi connectivity index (χ0n) is 18.4. The highest BCUT2D eigenvalue weighted by Crippen LogP contribution is 2.33. The van der Waals surface area contributed by atoms with E-state index in [9.17, 15) is 23.1 Å². The molecule has 0 unspecified atom stereocenters. The number of carboxylic acid groups (broad SMARTS) is 1. The smallest absolute Gasteiger partial charge is 0.335 e. The summed E-state index contributed by atoms with van der Waals surface area (Å²) in [5.41, 5.74) is 2.56. The number of carbonyl (C=O) groups excluding carboxylic acids is 1. The molecule has 3 rings (SSSR count). The summed E-state index contributed by atoms with van der Waals surface area (Å²) in [5.74, 6) is -1.56. The Bertz CT molecular complexity index is 1120. The van der Waals surface area contributed by atoms with Crippen molar-refractivity contribution in [3.05, 3.63) is 53.1 Å². The molecule has 9 heteroatoms. The van der Waals surface area contributed by atoms with E-state index < -0.39 is 16.0 Å². The first-order chi connectivity index (χ1) is 15.1. The number of benzene rings is 2. The van der Waals surface area contributed by atoms with Gasteiger partial charge in [-0.15, -0.1) is 0 Å². The Labute approximate surface area is 188 Å². The summed E-state index contributed by atoms with van der Waals surface area (Å²) in [6.07, 6.45) is 1.14. The largest absolute Gasteiger partial charge is 0.478 e. The fraction of sp³-hybridized carbons (Fsp3) is 0.391. The number of aryl methyl sites for hydroxylation is 2. The first-order valence-corrected chi connectivity index (χ1v) is 12.0. The number of carboxylic acids is 1. The Morgan fingerprint density at radius 3 is 2.38 bits per heavy atom. The summed E-state index contributed by atoms with van der Waals surface area (Å²) >= 11 is 0. The van der Waals surface area contributed by atoms with Crippen LogP contribution in [-0.2, 0) is 19.6 Å². The first-order valence-electron chi connectivity index (χ1n) is 10.5. The van der Waals surface area contributed by atoms with Crippen LogP contribution >= 0.6 is 0 Å². The molecule has 32 heavy (non-hydrogen) atoms. The third-order valence-electron chi connectivity index (χ3n) is 5.73. The van der Waals surface area contributed by atoms with E-state index in [0.717, 1.165) is 11.1 Å². The Morgan fingerprint density at radius 1 is 1.09 bits per heavy atom. The van der Waals surface area contributed by atoms with Crippen LogP contribution in [-0.4, -0.2) is 45.2 Å². The van der Waals surface area contributed by atoms with E-state index in [0.29, 0.717) is 38.2 Å². The van der Waals surface area contributed by atoms with Gasteiger partial charge >= 0.3 is 11.9 Å². The summed E-state index contributed by atoms with van der Waals surface area (Å²) in [4.78, 5) is 25.6. The number of ether oxygens (including phenoxy) is 1. The van der Waals surface area contributed by atoms with Gasteiger partial charge in [-0.2, -0.15) is 0 Å². The molecule has 1 aliphatic heterocycles. The van der Waals surface area contributed by atoms with Crippen molar-refractivity contribution in [3.63, 3.8) is 0 Å². The molecule has 172 valence electrons. The SMILES string of the molecule is CCOC(=O)C1CCN(c2ccc(C(=O)O)cc2NS(=O)(=O)c2ccc(C)c(C)c2)CC1. The highest BCUT2D eigenvalue weighted by Gasteiger charge is 2.28. The molecule has 0 bridgehead atoms. The molecule has 0 spiro atoms. The highest BCUT2D eigenvalue weighted by molar-refractivity contribution is 7.92. The number of nitrogens with zero attached hydrogens (tertiary/aromatic N) is 1. The molecule has 1 saturated heterocycles. The lowest BCUT2D eigenvalue weighted by Gasteiger charge is -2.34. The van der Waals surface area contributed by atoms with Crippen molar-refractivity contribution < 1.29 is 27.9 Å². The molecular formula is C23H28N2O6S. The zero-order chi connectivity index (χ0) is 23.5. The van der Waals surface area contributed by atoms with E-state index in [-0.39, 0.29) is 28.0 Å². The highest BCUT2D eigenvalue weighted by atomic mass is 32.2. The first kappa shape index (κ1) is 23.6. The van der Waals surface area contributed by atoms with Crippen LogP contribution in [0.2, 0.25) is 0 Å². The van der Waals surface area contributed by atoms with Gasteiger partial charge in [0, 0.05) is 13.1 Å². The third-order valence-corrected chi connectivity index (χ3v) is 7.10.